The number of likely N-dealkylation sites (tertiary alicyclic amines) is 1. The van der Waals surface area contributed by atoms with Gasteiger partial charge in [0, 0.05) is 19.1 Å². The topological polar surface area (TPSA) is 12.5 Å². The Morgan fingerprint density at radius 3 is 2.47 bits per heavy atom. The molecular weight excluding hydrogens is 186 g/mol. The van der Waals surface area contributed by atoms with E-state index in [4.69, 9.17) is 4.74 Å². The van der Waals surface area contributed by atoms with Gasteiger partial charge in [0.1, 0.15) is 0 Å². The Bertz CT molecular complexity index is 201. The van der Waals surface area contributed by atoms with Crippen LogP contribution < -0.4 is 0 Å². The number of rotatable bonds is 2. The van der Waals surface area contributed by atoms with E-state index in [2.05, 4.69) is 32.6 Å². The summed E-state index contributed by atoms with van der Waals surface area (Å²) in [4.78, 5) is 2.56. The van der Waals surface area contributed by atoms with Gasteiger partial charge in [0.05, 0.1) is 12.2 Å². The first kappa shape index (κ1) is 11.4. The molecule has 2 atom stereocenters. The molecule has 0 aromatic heterocycles. The summed E-state index contributed by atoms with van der Waals surface area (Å²) in [5.74, 6) is 1.56. The van der Waals surface area contributed by atoms with Crippen molar-refractivity contribution in [3.63, 3.8) is 0 Å². The fourth-order valence-corrected chi connectivity index (χ4v) is 2.91. The van der Waals surface area contributed by atoms with Crippen LogP contribution in [0.5, 0.6) is 0 Å². The van der Waals surface area contributed by atoms with Crippen molar-refractivity contribution in [3.8, 4) is 0 Å². The molecule has 2 saturated heterocycles. The first-order valence-electron chi connectivity index (χ1n) is 6.40. The summed E-state index contributed by atoms with van der Waals surface area (Å²) in [6.45, 7) is 12.6. The quantitative estimate of drug-likeness (QED) is 0.696. The monoisotopic (exact) mass is 211 g/mol. The van der Waals surface area contributed by atoms with Gasteiger partial charge < -0.3 is 4.74 Å². The highest BCUT2D eigenvalue weighted by molar-refractivity contribution is 4.98. The van der Waals surface area contributed by atoms with E-state index in [0.717, 1.165) is 25.0 Å². The van der Waals surface area contributed by atoms with Crippen molar-refractivity contribution in [2.45, 2.75) is 52.2 Å². The fourth-order valence-electron chi connectivity index (χ4n) is 2.91. The lowest BCUT2D eigenvalue weighted by Gasteiger charge is -2.25. The van der Waals surface area contributed by atoms with Gasteiger partial charge in [-0.3, -0.25) is 4.90 Å². The van der Waals surface area contributed by atoms with Crippen molar-refractivity contribution in [1.82, 2.24) is 4.90 Å². The van der Waals surface area contributed by atoms with Crippen molar-refractivity contribution in [2.24, 2.45) is 11.8 Å². The van der Waals surface area contributed by atoms with E-state index in [9.17, 15) is 0 Å². The maximum Gasteiger partial charge on any atom is 0.0824 e. The summed E-state index contributed by atoms with van der Waals surface area (Å²) in [5.41, 5.74) is 0.221. The smallest absolute Gasteiger partial charge is 0.0824 e. The molecule has 0 N–H and O–H groups in total. The molecule has 0 aliphatic carbocycles. The average Bonchev–Trinajstić information content (AvgIpc) is 2.74. The van der Waals surface area contributed by atoms with Crippen molar-refractivity contribution < 1.29 is 4.74 Å². The lowest BCUT2D eigenvalue weighted by Crippen LogP contribution is -2.35. The summed E-state index contributed by atoms with van der Waals surface area (Å²) >= 11 is 0. The number of ether oxygens (including phenoxy) is 1. The zero-order chi connectivity index (χ0) is 11.1. The highest BCUT2D eigenvalue weighted by Gasteiger charge is 2.46. The van der Waals surface area contributed by atoms with E-state index >= 15 is 0 Å². The Labute approximate surface area is 94.0 Å². The second-order valence-electron chi connectivity index (χ2n) is 6.02. The minimum absolute atomic E-state index is 0.221. The molecule has 2 unspecified atom stereocenters. The Morgan fingerprint density at radius 2 is 2.00 bits per heavy atom. The summed E-state index contributed by atoms with van der Waals surface area (Å²) in [6.07, 6.45) is 2.53. The van der Waals surface area contributed by atoms with Crippen LogP contribution in [0.4, 0.5) is 0 Å². The van der Waals surface area contributed by atoms with E-state index in [0.29, 0.717) is 6.04 Å². The lowest BCUT2D eigenvalue weighted by atomic mass is 9.87. The zero-order valence-corrected chi connectivity index (χ0v) is 10.6. The Kier molecular flexibility index (Phi) is 3.09. The van der Waals surface area contributed by atoms with Crippen LogP contribution >= 0.6 is 0 Å². The zero-order valence-electron chi connectivity index (χ0n) is 10.6. The molecule has 15 heavy (non-hydrogen) atoms. The number of nitrogens with zero attached hydrogens (tertiary/aromatic N) is 1. The van der Waals surface area contributed by atoms with Crippen LogP contribution in [0.25, 0.3) is 0 Å². The van der Waals surface area contributed by atoms with Gasteiger partial charge in [-0.25, -0.2) is 0 Å². The molecule has 88 valence electrons. The third-order valence-corrected chi connectivity index (χ3v) is 4.26. The van der Waals surface area contributed by atoms with Crippen molar-refractivity contribution in [3.05, 3.63) is 0 Å². The molecule has 0 amide bonds. The molecule has 2 heteroatoms. The van der Waals surface area contributed by atoms with Gasteiger partial charge in [0.15, 0.2) is 0 Å². The van der Waals surface area contributed by atoms with Crippen molar-refractivity contribution >= 4 is 0 Å². The number of hydrogen-bond donors (Lipinski definition) is 0. The molecule has 0 aromatic rings. The van der Waals surface area contributed by atoms with Gasteiger partial charge in [-0.1, -0.05) is 13.8 Å². The largest absolute Gasteiger partial charge is 0.373 e. The first-order valence-corrected chi connectivity index (χ1v) is 6.40. The van der Waals surface area contributed by atoms with E-state index < -0.39 is 0 Å². The van der Waals surface area contributed by atoms with Crippen LogP contribution in [0.1, 0.15) is 40.5 Å². The molecule has 1 spiro atoms. The Hall–Kier alpha value is -0.0800. The third-order valence-electron chi connectivity index (χ3n) is 4.26. The molecule has 2 nitrogen and oxygen atoms in total. The maximum atomic E-state index is 6.11. The van der Waals surface area contributed by atoms with Crippen LogP contribution in [-0.4, -0.2) is 36.2 Å². The summed E-state index contributed by atoms with van der Waals surface area (Å²) in [6, 6.07) is 0.672. The van der Waals surface area contributed by atoms with Gasteiger partial charge in [-0.15, -0.1) is 0 Å². The Morgan fingerprint density at radius 1 is 1.27 bits per heavy atom. The van der Waals surface area contributed by atoms with Gasteiger partial charge in [0.2, 0.25) is 0 Å². The van der Waals surface area contributed by atoms with Gasteiger partial charge in [0.25, 0.3) is 0 Å². The van der Waals surface area contributed by atoms with Crippen LogP contribution in [0, 0.1) is 11.8 Å². The van der Waals surface area contributed by atoms with Crippen LogP contribution in [0.2, 0.25) is 0 Å². The van der Waals surface area contributed by atoms with Crippen molar-refractivity contribution in [2.75, 3.05) is 19.7 Å². The molecule has 0 aromatic carbocycles. The molecule has 2 aliphatic rings. The molecule has 2 heterocycles. The molecule has 2 fully saturated rings. The molecule has 0 radical (unpaired) electrons. The number of hydrogen-bond acceptors (Lipinski definition) is 2. The van der Waals surface area contributed by atoms with E-state index in [1.54, 1.807) is 0 Å². The third kappa shape index (κ3) is 2.21. The van der Waals surface area contributed by atoms with E-state index in [1.165, 1.54) is 19.4 Å². The Balaban J connectivity index is 1.95. The first-order chi connectivity index (χ1) is 7.02. The summed E-state index contributed by atoms with van der Waals surface area (Å²) < 4.78 is 6.11. The normalized spacial score (nSPS) is 37.6. The van der Waals surface area contributed by atoms with Gasteiger partial charge in [-0.05, 0) is 38.5 Å². The SMILES string of the molecule is CC(C)C1COC2(CCN(C(C)C)C2)C1. The predicted molar refractivity (Wildman–Crippen MR) is 63.0 cm³/mol. The fraction of sp³-hybridized carbons (Fsp3) is 1.00. The minimum Gasteiger partial charge on any atom is -0.373 e. The van der Waals surface area contributed by atoms with Crippen LogP contribution in [-0.2, 0) is 4.74 Å². The maximum absolute atomic E-state index is 6.11. The van der Waals surface area contributed by atoms with Gasteiger partial charge >= 0.3 is 0 Å². The minimum atomic E-state index is 0.221. The highest BCUT2D eigenvalue weighted by Crippen LogP contribution is 2.40. The second kappa shape index (κ2) is 4.06. The van der Waals surface area contributed by atoms with Crippen LogP contribution in [0.3, 0.4) is 0 Å². The van der Waals surface area contributed by atoms with E-state index in [1.807, 2.05) is 0 Å². The van der Waals surface area contributed by atoms with Gasteiger partial charge in [-0.2, -0.15) is 0 Å². The lowest BCUT2D eigenvalue weighted by molar-refractivity contribution is 0.00888. The average molecular weight is 211 g/mol. The molecular formula is C13H25NO. The van der Waals surface area contributed by atoms with Crippen LogP contribution in [0.15, 0.2) is 0 Å². The molecule has 0 saturated carbocycles. The van der Waals surface area contributed by atoms with Crippen molar-refractivity contribution in [1.29, 1.82) is 0 Å². The molecule has 2 rings (SSSR count). The van der Waals surface area contributed by atoms with E-state index in [-0.39, 0.29) is 5.60 Å². The molecule has 2 aliphatic heterocycles. The summed E-state index contributed by atoms with van der Waals surface area (Å²) in [5, 5.41) is 0. The predicted octanol–water partition coefficient (Wildman–Crippen LogP) is 2.53. The second-order valence-corrected chi connectivity index (χ2v) is 6.02. The molecule has 0 bridgehead atoms. The standard InChI is InChI=1S/C13H25NO/c1-10(2)12-7-13(15-8-12)5-6-14(9-13)11(3)4/h10-12H,5-9H2,1-4H3. The highest BCUT2D eigenvalue weighted by atomic mass is 16.5. The summed E-state index contributed by atoms with van der Waals surface area (Å²) in [7, 11) is 0.